The van der Waals surface area contributed by atoms with Crippen LogP contribution in [-0.2, 0) is 19.3 Å². The summed E-state index contributed by atoms with van der Waals surface area (Å²) in [6.45, 7) is 4.93. The van der Waals surface area contributed by atoms with Crippen LogP contribution in [0.1, 0.15) is 67.7 Å². The highest BCUT2D eigenvalue weighted by Gasteiger charge is 2.24. The van der Waals surface area contributed by atoms with E-state index in [9.17, 15) is 0 Å². The van der Waals surface area contributed by atoms with Crippen LogP contribution in [0, 0.1) is 5.82 Å². The fourth-order valence-electron chi connectivity index (χ4n) is 4.71. The Bertz CT molecular complexity index is 1070. The first-order valence-corrected chi connectivity index (χ1v) is 11.8. The average molecular weight is 417 g/mol. The summed E-state index contributed by atoms with van der Waals surface area (Å²) in [6, 6.07) is 16.8. The van der Waals surface area contributed by atoms with Crippen LogP contribution in [0.25, 0.3) is 10.8 Å². The molecule has 0 aliphatic heterocycles. The molecule has 0 heterocycles. The zero-order valence-electron chi connectivity index (χ0n) is 18.8. The molecule has 3 aromatic rings. The van der Waals surface area contributed by atoms with Gasteiger partial charge in [-0.2, -0.15) is 0 Å². The van der Waals surface area contributed by atoms with Crippen molar-refractivity contribution in [2.75, 3.05) is 6.61 Å². The number of rotatable bonds is 8. The molecule has 1 unspecified atom stereocenters. The van der Waals surface area contributed by atoms with Gasteiger partial charge in [0.1, 0.15) is 11.6 Å². The van der Waals surface area contributed by atoms with Gasteiger partial charge < -0.3 is 4.74 Å². The molecule has 1 aliphatic carbocycles. The fraction of sp³-hybridized carbons (Fsp3) is 0.379. The number of allylic oxidation sites excluding steroid dienone is 1. The predicted molar refractivity (Wildman–Crippen MR) is 129 cm³/mol. The van der Waals surface area contributed by atoms with Crippen LogP contribution < -0.4 is 4.74 Å². The lowest BCUT2D eigenvalue weighted by atomic mass is 9.79. The Morgan fingerprint density at radius 3 is 2.81 bits per heavy atom. The minimum atomic E-state index is -0.0306. The summed E-state index contributed by atoms with van der Waals surface area (Å²) in [6.07, 6.45) is 11.4. The molecule has 0 saturated carbocycles. The highest BCUT2D eigenvalue weighted by molar-refractivity contribution is 5.84. The third-order valence-electron chi connectivity index (χ3n) is 6.50. The number of hydrogen-bond donors (Lipinski definition) is 0. The Balaban J connectivity index is 1.50. The molecule has 0 aromatic heterocycles. The summed E-state index contributed by atoms with van der Waals surface area (Å²) >= 11 is 0. The lowest BCUT2D eigenvalue weighted by Gasteiger charge is -2.26. The summed E-state index contributed by atoms with van der Waals surface area (Å²) < 4.78 is 21.3. The van der Waals surface area contributed by atoms with Crippen molar-refractivity contribution in [2.45, 2.75) is 64.7 Å². The van der Waals surface area contributed by atoms with Crippen molar-refractivity contribution in [3.8, 4) is 5.75 Å². The maximum Gasteiger partial charge on any atom is 0.134 e. The summed E-state index contributed by atoms with van der Waals surface area (Å²) in [5, 5.41) is 1.78. The Morgan fingerprint density at radius 1 is 1.06 bits per heavy atom. The first-order valence-electron chi connectivity index (χ1n) is 11.8. The van der Waals surface area contributed by atoms with E-state index in [4.69, 9.17) is 4.74 Å². The van der Waals surface area contributed by atoms with Gasteiger partial charge in [-0.15, -0.1) is 0 Å². The summed E-state index contributed by atoms with van der Waals surface area (Å²) in [5.41, 5.74) is 4.84. The third-order valence-corrected chi connectivity index (χ3v) is 6.50. The molecule has 2 heteroatoms. The monoisotopic (exact) mass is 416 g/mol. The highest BCUT2D eigenvalue weighted by atomic mass is 19.1. The molecular formula is C29H33FO. The maximum absolute atomic E-state index is 15.5. The van der Waals surface area contributed by atoms with Crippen molar-refractivity contribution in [2.24, 2.45) is 0 Å². The third kappa shape index (κ3) is 5.01. The number of aryl methyl sites for hydroxylation is 2. The maximum atomic E-state index is 15.5. The standard InChI is InChI=1S/C29H33FO/c1-3-5-7-17-31-26-14-12-22-19-25(11-10-23(22)20-26)28-16-13-24-18-21(8-6-4-2)9-15-27(24)29(28)30/h3,5,9,12-16,18,20,25H,4,6-8,10-11,17,19H2,1-2H3. The Labute approximate surface area is 185 Å². The number of halogens is 1. The largest absolute Gasteiger partial charge is 0.493 e. The second-order valence-electron chi connectivity index (χ2n) is 8.70. The van der Waals surface area contributed by atoms with E-state index >= 15 is 4.39 Å². The van der Waals surface area contributed by atoms with Crippen LogP contribution in [0.4, 0.5) is 4.39 Å². The number of benzene rings is 3. The summed E-state index contributed by atoms with van der Waals surface area (Å²) in [5.74, 6) is 1.15. The van der Waals surface area contributed by atoms with Gasteiger partial charge in [0.2, 0.25) is 0 Å². The van der Waals surface area contributed by atoms with Gasteiger partial charge in [-0.05, 0) is 91.1 Å². The zero-order chi connectivity index (χ0) is 21.6. The molecule has 0 bridgehead atoms. The van der Waals surface area contributed by atoms with E-state index in [1.54, 1.807) is 0 Å². The lowest BCUT2D eigenvalue weighted by Crippen LogP contribution is -2.14. The summed E-state index contributed by atoms with van der Waals surface area (Å²) in [4.78, 5) is 0. The zero-order valence-corrected chi connectivity index (χ0v) is 18.8. The molecule has 0 saturated heterocycles. The van der Waals surface area contributed by atoms with E-state index in [0.717, 1.165) is 54.2 Å². The lowest BCUT2D eigenvalue weighted by molar-refractivity contribution is 0.324. The van der Waals surface area contributed by atoms with E-state index < -0.39 is 0 Å². The van der Waals surface area contributed by atoms with E-state index in [1.807, 2.05) is 25.1 Å². The molecule has 162 valence electrons. The molecule has 1 nitrogen and oxygen atoms in total. The smallest absolute Gasteiger partial charge is 0.134 e. The Kier molecular flexibility index (Phi) is 7.06. The van der Waals surface area contributed by atoms with Gasteiger partial charge >= 0.3 is 0 Å². The van der Waals surface area contributed by atoms with Gasteiger partial charge in [0, 0.05) is 5.39 Å². The molecule has 0 radical (unpaired) electrons. The average Bonchev–Trinajstić information content (AvgIpc) is 2.80. The topological polar surface area (TPSA) is 9.23 Å². The molecule has 0 amide bonds. The molecule has 0 spiro atoms. The number of hydrogen-bond acceptors (Lipinski definition) is 1. The van der Waals surface area contributed by atoms with Crippen LogP contribution in [0.15, 0.2) is 60.7 Å². The second kappa shape index (κ2) is 10.1. The molecule has 31 heavy (non-hydrogen) atoms. The molecular weight excluding hydrogens is 383 g/mol. The van der Waals surface area contributed by atoms with Gasteiger partial charge in [-0.25, -0.2) is 4.39 Å². The van der Waals surface area contributed by atoms with Gasteiger partial charge in [0.15, 0.2) is 0 Å². The van der Waals surface area contributed by atoms with Crippen LogP contribution in [-0.4, -0.2) is 6.61 Å². The van der Waals surface area contributed by atoms with Crippen LogP contribution in [0.2, 0.25) is 0 Å². The van der Waals surface area contributed by atoms with Gasteiger partial charge in [-0.3, -0.25) is 0 Å². The quantitative estimate of drug-likeness (QED) is 0.267. The molecule has 0 fully saturated rings. The highest BCUT2D eigenvalue weighted by Crippen LogP contribution is 2.37. The Hall–Kier alpha value is -2.61. The van der Waals surface area contributed by atoms with Gasteiger partial charge in [-0.1, -0.05) is 61.9 Å². The summed E-state index contributed by atoms with van der Waals surface area (Å²) in [7, 11) is 0. The normalized spacial score (nSPS) is 16.0. The van der Waals surface area contributed by atoms with Crippen LogP contribution in [0.3, 0.4) is 0 Å². The van der Waals surface area contributed by atoms with E-state index in [2.05, 4.69) is 49.4 Å². The van der Waals surface area contributed by atoms with Gasteiger partial charge in [0.25, 0.3) is 0 Å². The van der Waals surface area contributed by atoms with E-state index in [-0.39, 0.29) is 11.7 Å². The van der Waals surface area contributed by atoms with Crippen molar-refractivity contribution < 1.29 is 9.13 Å². The van der Waals surface area contributed by atoms with Gasteiger partial charge in [0.05, 0.1) is 6.61 Å². The second-order valence-corrected chi connectivity index (χ2v) is 8.70. The molecule has 3 aromatic carbocycles. The first-order chi connectivity index (χ1) is 15.2. The van der Waals surface area contributed by atoms with Crippen molar-refractivity contribution >= 4 is 10.8 Å². The van der Waals surface area contributed by atoms with Crippen molar-refractivity contribution in [1.82, 2.24) is 0 Å². The van der Waals surface area contributed by atoms with Crippen LogP contribution in [0.5, 0.6) is 5.75 Å². The van der Waals surface area contributed by atoms with E-state index in [0.29, 0.717) is 6.61 Å². The SMILES string of the molecule is CC=CCCOc1ccc2c(c1)CCC(c1ccc3cc(CCCC)ccc3c1F)C2. The fourth-order valence-corrected chi connectivity index (χ4v) is 4.71. The minimum absolute atomic E-state index is 0.0306. The predicted octanol–water partition coefficient (Wildman–Crippen LogP) is 7.94. The van der Waals surface area contributed by atoms with Crippen LogP contribution >= 0.6 is 0 Å². The number of ether oxygens (including phenoxy) is 1. The molecule has 1 aliphatic rings. The number of fused-ring (bicyclic) bond motifs is 2. The van der Waals surface area contributed by atoms with Crippen molar-refractivity contribution in [3.63, 3.8) is 0 Å². The van der Waals surface area contributed by atoms with Crippen molar-refractivity contribution in [1.29, 1.82) is 0 Å². The van der Waals surface area contributed by atoms with E-state index in [1.165, 1.54) is 29.5 Å². The molecule has 1 atom stereocenters. The Morgan fingerprint density at radius 2 is 1.97 bits per heavy atom. The molecule has 0 N–H and O–H groups in total. The minimum Gasteiger partial charge on any atom is -0.493 e. The first kappa shape index (κ1) is 21.6. The van der Waals surface area contributed by atoms with Crippen molar-refractivity contribution in [3.05, 3.63) is 88.8 Å². The molecule has 4 rings (SSSR count). The number of unbranched alkanes of at least 4 members (excludes halogenated alkanes) is 1.